The summed E-state index contributed by atoms with van der Waals surface area (Å²) in [6, 6.07) is 3.60. The van der Waals surface area contributed by atoms with Crippen molar-refractivity contribution in [2.75, 3.05) is 0 Å². The molecule has 1 saturated heterocycles. The van der Waals surface area contributed by atoms with Gasteiger partial charge in [-0.2, -0.15) is 13.2 Å². The second kappa shape index (κ2) is 5.87. The molecule has 2 rings (SSSR count). The molecule has 0 radical (unpaired) electrons. The number of nitrogens with zero attached hydrogens (tertiary/aromatic N) is 1. The van der Waals surface area contributed by atoms with E-state index in [2.05, 4.69) is 5.43 Å². The Morgan fingerprint density at radius 1 is 1.27 bits per heavy atom. The van der Waals surface area contributed by atoms with E-state index < -0.39 is 29.5 Å². The first-order chi connectivity index (χ1) is 10.1. The molecule has 0 saturated carbocycles. The molecule has 1 fully saturated rings. The molecule has 1 atom stereocenters. The van der Waals surface area contributed by atoms with Gasteiger partial charge in [-0.1, -0.05) is 12.1 Å². The van der Waals surface area contributed by atoms with E-state index in [0.717, 1.165) is 5.01 Å². The molecule has 3 nitrogen and oxygen atoms in total. The molecule has 22 heavy (non-hydrogen) atoms. The molecule has 1 aliphatic rings. The maximum atomic E-state index is 13.4. The first-order valence-corrected chi connectivity index (χ1v) is 6.99. The van der Waals surface area contributed by atoms with Gasteiger partial charge in [0.25, 0.3) is 0 Å². The van der Waals surface area contributed by atoms with E-state index in [1.54, 1.807) is 13.8 Å². The molecule has 0 aromatic heterocycles. The van der Waals surface area contributed by atoms with Crippen LogP contribution in [-0.4, -0.2) is 28.7 Å². The van der Waals surface area contributed by atoms with Crippen molar-refractivity contribution in [3.05, 3.63) is 35.6 Å². The maximum Gasteiger partial charge on any atom is 0.405 e. The Bertz CT molecular complexity index is 539. The molecule has 1 unspecified atom stereocenters. The Labute approximate surface area is 126 Å². The second-order valence-electron chi connectivity index (χ2n) is 6.12. The first kappa shape index (κ1) is 16.7. The Morgan fingerprint density at radius 2 is 1.86 bits per heavy atom. The second-order valence-corrected chi connectivity index (χ2v) is 6.12. The monoisotopic (exact) mass is 318 g/mol. The lowest BCUT2D eigenvalue weighted by molar-refractivity contribution is -0.202. The number of halogens is 4. The molecule has 1 N–H and O–H groups in total. The van der Waals surface area contributed by atoms with Gasteiger partial charge in [0.15, 0.2) is 0 Å². The highest BCUT2D eigenvalue weighted by molar-refractivity contribution is 5.78. The maximum absolute atomic E-state index is 13.4. The molecular weight excluding hydrogens is 300 g/mol. The van der Waals surface area contributed by atoms with Crippen molar-refractivity contribution < 1.29 is 22.4 Å². The first-order valence-electron chi connectivity index (χ1n) is 6.99. The number of carbonyl (C=O) groups is 1. The molecule has 1 amide bonds. The predicted octanol–water partition coefficient (Wildman–Crippen LogP) is 3.20. The number of hydrogen-bond donors (Lipinski definition) is 1. The lowest BCUT2D eigenvalue weighted by Crippen LogP contribution is -2.56. The van der Waals surface area contributed by atoms with Gasteiger partial charge < -0.3 is 0 Å². The molecule has 1 aromatic rings. The fourth-order valence-corrected chi connectivity index (χ4v) is 2.70. The van der Waals surface area contributed by atoms with Crippen molar-refractivity contribution >= 4 is 5.91 Å². The number of nitrogens with one attached hydrogen (secondary N) is 1. The van der Waals surface area contributed by atoms with Gasteiger partial charge in [0.05, 0.1) is 0 Å². The van der Waals surface area contributed by atoms with E-state index >= 15 is 0 Å². The van der Waals surface area contributed by atoms with Crippen LogP contribution in [0.1, 0.15) is 32.3 Å². The van der Waals surface area contributed by atoms with E-state index in [9.17, 15) is 22.4 Å². The summed E-state index contributed by atoms with van der Waals surface area (Å²) in [5.74, 6) is -0.843. The number of alkyl halides is 3. The van der Waals surface area contributed by atoms with Crippen molar-refractivity contribution in [2.45, 2.75) is 50.9 Å². The van der Waals surface area contributed by atoms with Crippen LogP contribution < -0.4 is 5.43 Å². The van der Waals surface area contributed by atoms with Gasteiger partial charge in [0.1, 0.15) is 11.9 Å². The predicted molar refractivity (Wildman–Crippen MR) is 73.2 cm³/mol. The number of hydrazine groups is 1. The minimum absolute atomic E-state index is 0.0239. The number of rotatable bonds is 4. The lowest BCUT2D eigenvalue weighted by atomic mass is 9.97. The molecule has 0 bridgehead atoms. The third-order valence-electron chi connectivity index (χ3n) is 3.80. The molecule has 1 aromatic carbocycles. The van der Waals surface area contributed by atoms with Gasteiger partial charge in [-0.3, -0.25) is 10.2 Å². The number of aryl methyl sites for hydroxylation is 1. The lowest BCUT2D eigenvalue weighted by Gasteiger charge is -2.37. The average molecular weight is 318 g/mol. The average Bonchev–Trinajstić information content (AvgIpc) is 2.63. The van der Waals surface area contributed by atoms with Crippen LogP contribution in [0.5, 0.6) is 0 Å². The fourth-order valence-electron chi connectivity index (χ4n) is 2.70. The summed E-state index contributed by atoms with van der Waals surface area (Å²) < 4.78 is 52.9. The highest BCUT2D eigenvalue weighted by Gasteiger charge is 2.51. The Kier molecular flexibility index (Phi) is 4.47. The number of carbonyl (C=O) groups excluding carboxylic acids is 1. The van der Waals surface area contributed by atoms with Crippen LogP contribution in [0.15, 0.2) is 24.3 Å². The Morgan fingerprint density at radius 3 is 2.32 bits per heavy atom. The molecule has 0 spiro atoms. The van der Waals surface area contributed by atoms with Crippen molar-refractivity contribution in [3.63, 3.8) is 0 Å². The standard InChI is InChI=1S/C15H18F4N2O/c1-14(2)9-13(22)20-21(14)12(15(17,18)19)8-5-10-3-6-11(16)7-4-10/h3-4,6-7,12H,5,8-9H2,1-2H3,(H,20,22). The smallest absolute Gasteiger partial charge is 0.288 e. The van der Waals surface area contributed by atoms with E-state index in [1.165, 1.54) is 24.3 Å². The van der Waals surface area contributed by atoms with Crippen LogP contribution in [-0.2, 0) is 11.2 Å². The molecule has 1 aliphatic heterocycles. The summed E-state index contributed by atoms with van der Waals surface area (Å²) in [6.07, 6.45) is -4.50. The van der Waals surface area contributed by atoms with Crippen molar-refractivity contribution in [1.29, 1.82) is 0 Å². The highest BCUT2D eigenvalue weighted by atomic mass is 19.4. The zero-order valence-electron chi connectivity index (χ0n) is 12.4. The van der Waals surface area contributed by atoms with Crippen LogP contribution in [0, 0.1) is 5.82 Å². The van der Waals surface area contributed by atoms with Gasteiger partial charge in [-0.15, -0.1) is 0 Å². The summed E-state index contributed by atoms with van der Waals surface area (Å²) in [5.41, 5.74) is 2.03. The van der Waals surface area contributed by atoms with Gasteiger partial charge in [-0.05, 0) is 44.4 Å². The van der Waals surface area contributed by atoms with Gasteiger partial charge in [0.2, 0.25) is 5.91 Å². The zero-order chi connectivity index (χ0) is 16.5. The van der Waals surface area contributed by atoms with Crippen LogP contribution in [0.3, 0.4) is 0 Å². The van der Waals surface area contributed by atoms with E-state index in [0.29, 0.717) is 5.56 Å². The minimum atomic E-state index is -4.46. The number of hydrogen-bond acceptors (Lipinski definition) is 2. The van der Waals surface area contributed by atoms with Crippen molar-refractivity contribution in [1.82, 2.24) is 10.4 Å². The van der Waals surface area contributed by atoms with Crippen molar-refractivity contribution in [3.8, 4) is 0 Å². The zero-order valence-corrected chi connectivity index (χ0v) is 12.4. The van der Waals surface area contributed by atoms with Gasteiger partial charge in [0, 0.05) is 12.0 Å². The molecule has 122 valence electrons. The Hall–Kier alpha value is -1.63. The molecule has 7 heteroatoms. The van der Waals surface area contributed by atoms with E-state index in [-0.39, 0.29) is 19.3 Å². The summed E-state index contributed by atoms with van der Waals surface area (Å²) in [5, 5.41) is 0.999. The summed E-state index contributed by atoms with van der Waals surface area (Å²) in [6.45, 7) is 3.20. The third-order valence-corrected chi connectivity index (χ3v) is 3.80. The summed E-state index contributed by atoms with van der Waals surface area (Å²) in [7, 11) is 0. The van der Waals surface area contributed by atoms with Crippen molar-refractivity contribution in [2.24, 2.45) is 0 Å². The summed E-state index contributed by atoms with van der Waals surface area (Å²) in [4.78, 5) is 11.5. The van der Waals surface area contributed by atoms with E-state index in [4.69, 9.17) is 0 Å². The summed E-state index contributed by atoms with van der Waals surface area (Å²) >= 11 is 0. The third kappa shape index (κ3) is 3.76. The van der Waals surface area contributed by atoms with Gasteiger partial charge in [-0.25, -0.2) is 9.40 Å². The topological polar surface area (TPSA) is 32.3 Å². The number of benzene rings is 1. The van der Waals surface area contributed by atoms with Crippen LogP contribution in [0.2, 0.25) is 0 Å². The largest absolute Gasteiger partial charge is 0.405 e. The minimum Gasteiger partial charge on any atom is -0.288 e. The molecule has 0 aliphatic carbocycles. The van der Waals surface area contributed by atoms with Crippen LogP contribution >= 0.6 is 0 Å². The van der Waals surface area contributed by atoms with E-state index in [1.807, 2.05) is 0 Å². The Balaban J connectivity index is 2.14. The number of amides is 1. The normalized spacial score (nSPS) is 20.0. The SMILES string of the molecule is CC1(C)CC(=O)NN1C(CCc1ccc(F)cc1)C(F)(F)F. The fraction of sp³-hybridized carbons (Fsp3) is 0.533. The van der Waals surface area contributed by atoms with Crippen LogP contribution in [0.25, 0.3) is 0 Å². The van der Waals surface area contributed by atoms with Gasteiger partial charge >= 0.3 is 6.18 Å². The highest BCUT2D eigenvalue weighted by Crippen LogP contribution is 2.35. The quantitative estimate of drug-likeness (QED) is 0.865. The molecular formula is C15H18F4N2O. The van der Waals surface area contributed by atoms with Crippen LogP contribution in [0.4, 0.5) is 17.6 Å². The molecule has 1 heterocycles.